The van der Waals surface area contributed by atoms with Gasteiger partial charge in [-0.05, 0) is 56.7 Å². The van der Waals surface area contributed by atoms with Crippen molar-refractivity contribution in [1.29, 1.82) is 0 Å². The fourth-order valence-electron chi connectivity index (χ4n) is 4.70. The molecule has 1 aromatic heterocycles. The first-order chi connectivity index (χ1) is 15.4. The molecule has 0 spiro atoms. The van der Waals surface area contributed by atoms with Gasteiger partial charge in [0.05, 0.1) is 12.8 Å². The van der Waals surface area contributed by atoms with Gasteiger partial charge in [-0.2, -0.15) is 5.10 Å². The molecule has 1 saturated heterocycles. The molecule has 2 aliphatic rings. The molecule has 1 amide bonds. The summed E-state index contributed by atoms with van der Waals surface area (Å²) in [6.45, 7) is 4.83. The summed E-state index contributed by atoms with van der Waals surface area (Å²) in [4.78, 5) is 14.6. The molecule has 3 atom stereocenters. The molecule has 7 nitrogen and oxygen atoms in total. The molecular weight excluding hydrogens is 418 g/mol. The van der Waals surface area contributed by atoms with E-state index in [9.17, 15) is 13.6 Å². The Kier molecular flexibility index (Phi) is 6.53. The van der Waals surface area contributed by atoms with Gasteiger partial charge in [0.2, 0.25) is 0 Å². The Morgan fingerprint density at radius 2 is 2.09 bits per heavy atom. The monoisotopic (exact) mass is 448 g/mol. The van der Waals surface area contributed by atoms with Gasteiger partial charge >= 0.3 is 0 Å². The van der Waals surface area contributed by atoms with E-state index in [-0.39, 0.29) is 30.9 Å². The van der Waals surface area contributed by atoms with Crippen molar-refractivity contribution in [3.05, 3.63) is 35.5 Å². The molecule has 32 heavy (non-hydrogen) atoms. The number of carbonyl (C=O) groups is 1. The van der Waals surface area contributed by atoms with E-state index in [1.807, 2.05) is 19.1 Å². The van der Waals surface area contributed by atoms with Crippen molar-refractivity contribution in [2.24, 2.45) is 5.92 Å². The van der Waals surface area contributed by atoms with Gasteiger partial charge in [0.1, 0.15) is 11.9 Å². The van der Waals surface area contributed by atoms with E-state index >= 15 is 0 Å². The number of aromatic nitrogens is 2. The molecule has 0 radical (unpaired) electrons. The molecule has 1 N–H and O–H groups in total. The normalized spacial score (nSPS) is 22.9. The molecule has 0 bridgehead atoms. The lowest BCUT2D eigenvalue weighted by Gasteiger charge is -2.41. The number of methoxy groups -OCH3 is 1. The minimum absolute atomic E-state index is 0.0874. The first-order valence-corrected chi connectivity index (χ1v) is 11.0. The number of fused-ring (bicyclic) bond motifs is 1. The molecule has 174 valence electrons. The maximum Gasteiger partial charge on any atom is 0.260 e. The maximum absolute atomic E-state index is 13.7. The number of amides is 1. The van der Waals surface area contributed by atoms with Crippen LogP contribution in [0.4, 0.5) is 14.6 Å². The van der Waals surface area contributed by atoms with Crippen LogP contribution in [-0.2, 0) is 4.79 Å². The smallest absolute Gasteiger partial charge is 0.260 e. The number of anilines is 1. The zero-order chi connectivity index (χ0) is 22.8. The highest BCUT2D eigenvalue weighted by Crippen LogP contribution is 2.36. The summed E-state index contributed by atoms with van der Waals surface area (Å²) in [5.41, 5.74) is 1.75. The molecule has 0 aliphatic carbocycles. The number of aryl methyl sites for hydroxylation is 2. The van der Waals surface area contributed by atoms with Crippen LogP contribution in [0.5, 0.6) is 11.5 Å². The predicted octanol–water partition coefficient (Wildman–Crippen LogP) is 3.82. The fraction of sp³-hybridized carbons (Fsp3) is 0.565. The van der Waals surface area contributed by atoms with Crippen LogP contribution in [-0.4, -0.2) is 59.9 Å². The number of alkyl halides is 2. The first kappa shape index (κ1) is 22.4. The predicted molar refractivity (Wildman–Crippen MR) is 117 cm³/mol. The maximum atomic E-state index is 13.7. The number of ether oxygens (including phenoxy) is 2. The highest BCUT2D eigenvalue weighted by Gasteiger charge is 2.38. The third kappa shape index (κ3) is 4.66. The number of piperidine rings is 1. The lowest BCUT2D eigenvalue weighted by molar-refractivity contribution is -0.135. The highest BCUT2D eigenvalue weighted by atomic mass is 19.3. The third-order valence-electron chi connectivity index (χ3n) is 6.34. The van der Waals surface area contributed by atoms with Gasteiger partial charge in [0.25, 0.3) is 12.3 Å². The van der Waals surface area contributed by atoms with Crippen LogP contribution in [0, 0.1) is 19.8 Å². The summed E-state index contributed by atoms with van der Waals surface area (Å²) in [5.74, 6) is 1.72. The van der Waals surface area contributed by atoms with E-state index in [0.29, 0.717) is 36.1 Å². The second-order valence-electron chi connectivity index (χ2n) is 8.69. The first-order valence-electron chi connectivity index (χ1n) is 11.0. The number of benzene rings is 1. The number of carbonyl (C=O) groups excluding carboxylic acids is 1. The zero-order valence-corrected chi connectivity index (χ0v) is 18.7. The van der Waals surface area contributed by atoms with Crippen LogP contribution in [0.3, 0.4) is 0 Å². The molecular formula is C23H30F2N4O3. The van der Waals surface area contributed by atoms with Gasteiger partial charge in [0.15, 0.2) is 18.1 Å². The summed E-state index contributed by atoms with van der Waals surface area (Å²) in [6, 6.07) is 6.27. The Balaban J connectivity index is 1.39. The molecule has 3 heterocycles. The van der Waals surface area contributed by atoms with Crippen molar-refractivity contribution in [1.82, 2.24) is 14.7 Å². The summed E-state index contributed by atoms with van der Waals surface area (Å²) in [7, 11) is 1.57. The molecule has 9 heteroatoms. The Morgan fingerprint density at radius 1 is 1.28 bits per heavy atom. The molecule has 4 rings (SSSR count). The highest BCUT2D eigenvalue weighted by molar-refractivity contribution is 5.78. The van der Waals surface area contributed by atoms with Gasteiger partial charge in [-0.15, -0.1) is 0 Å². The van der Waals surface area contributed by atoms with Crippen molar-refractivity contribution >= 4 is 11.7 Å². The lowest BCUT2D eigenvalue weighted by Crippen LogP contribution is -2.49. The van der Waals surface area contributed by atoms with E-state index in [0.717, 1.165) is 18.4 Å². The van der Waals surface area contributed by atoms with Crippen LogP contribution < -0.4 is 14.8 Å². The average molecular weight is 449 g/mol. The fourth-order valence-corrected chi connectivity index (χ4v) is 4.70. The Morgan fingerprint density at radius 3 is 2.84 bits per heavy atom. The van der Waals surface area contributed by atoms with Gasteiger partial charge in [-0.3, -0.25) is 4.79 Å². The van der Waals surface area contributed by atoms with E-state index in [1.54, 1.807) is 31.1 Å². The van der Waals surface area contributed by atoms with E-state index < -0.39 is 12.5 Å². The molecule has 2 aromatic rings. The van der Waals surface area contributed by atoms with Crippen LogP contribution in [0.25, 0.3) is 0 Å². The van der Waals surface area contributed by atoms with Gasteiger partial charge in [0, 0.05) is 25.2 Å². The minimum atomic E-state index is -2.49. The van der Waals surface area contributed by atoms with Crippen molar-refractivity contribution in [3.63, 3.8) is 0 Å². The van der Waals surface area contributed by atoms with Crippen molar-refractivity contribution in [2.75, 3.05) is 32.1 Å². The number of nitrogens with one attached hydrogen (secondary N) is 1. The topological polar surface area (TPSA) is 68.6 Å². The van der Waals surface area contributed by atoms with Crippen LogP contribution >= 0.6 is 0 Å². The van der Waals surface area contributed by atoms with E-state index in [4.69, 9.17) is 9.47 Å². The standard InChI is InChI=1S/C23H30F2N4O3/c1-14-6-7-19(20(9-14)31-3)32-13-22(30)28-8-4-5-16(12-28)17-11-18(23(24)25)29-21(26-17)10-15(2)27-29/h6-7,9-10,16-18,23,26H,4-5,8,11-13H2,1-3H3/t16-,17-,18+/m0/s1. The number of hydrogen-bond donors (Lipinski definition) is 1. The van der Waals surface area contributed by atoms with E-state index in [1.165, 1.54) is 4.68 Å². The van der Waals surface area contributed by atoms with E-state index in [2.05, 4.69) is 10.4 Å². The zero-order valence-electron chi connectivity index (χ0n) is 18.7. The summed E-state index contributed by atoms with van der Waals surface area (Å²) >= 11 is 0. The van der Waals surface area contributed by atoms with Gasteiger partial charge in [-0.1, -0.05) is 6.07 Å². The van der Waals surface area contributed by atoms with Gasteiger partial charge in [-0.25, -0.2) is 13.5 Å². The molecule has 0 unspecified atom stereocenters. The molecule has 0 saturated carbocycles. The largest absolute Gasteiger partial charge is 0.493 e. The number of hydrogen-bond acceptors (Lipinski definition) is 5. The lowest BCUT2D eigenvalue weighted by atomic mass is 9.86. The van der Waals surface area contributed by atoms with Crippen LogP contribution in [0.15, 0.2) is 24.3 Å². The summed E-state index contributed by atoms with van der Waals surface area (Å²) in [5, 5.41) is 7.62. The van der Waals surface area contributed by atoms with Crippen molar-refractivity contribution < 1.29 is 23.0 Å². The number of likely N-dealkylation sites (tertiary alicyclic amines) is 1. The Labute approximate surface area is 186 Å². The number of nitrogens with zero attached hydrogens (tertiary/aromatic N) is 3. The Hall–Kier alpha value is -2.84. The van der Waals surface area contributed by atoms with Crippen LogP contribution in [0.1, 0.15) is 36.6 Å². The minimum Gasteiger partial charge on any atom is -0.493 e. The van der Waals surface area contributed by atoms with Crippen molar-refractivity contribution in [3.8, 4) is 11.5 Å². The Bertz CT molecular complexity index is 965. The summed E-state index contributed by atoms with van der Waals surface area (Å²) in [6.07, 6.45) is -0.482. The molecule has 1 fully saturated rings. The second-order valence-corrected chi connectivity index (χ2v) is 8.69. The number of halogens is 2. The SMILES string of the molecule is COc1cc(C)ccc1OCC(=O)N1CCC[C@H]([C@@H]2C[C@H](C(F)F)n3nc(C)cc3N2)C1. The van der Waals surface area contributed by atoms with Gasteiger partial charge < -0.3 is 19.7 Å². The van der Waals surface area contributed by atoms with Crippen LogP contribution in [0.2, 0.25) is 0 Å². The van der Waals surface area contributed by atoms with Crippen molar-refractivity contribution in [2.45, 2.75) is 51.6 Å². The average Bonchev–Trinajstić information content (AvgIpc) is 3.17. The molecule has 2 aliphatic heterocycles. The number of rotatable bonds is 6. The molecule has 1 aromatic carbocycles. The quantitative estimate of drug-likeness (QED) is 0.728. The second kappa shape index (κ2) is 9.34. The summed E-state index contributed by atoms with van der Waals surface area (Å²) < 4.78 is 39.9. The third-order valence-corrected chi connectivity index (χ3v) is 6.34.